The third kappa shape index (κ3) is 4.08. The van der Waals surface area contributed by atoms with Gasteiger partial charge >= 0.3 is 0 Å². The smallest absolute Gasteiger partial charge is 0.256 e. The molecule has 0 saturated heterocycles. The van der Waals surface area contributed by atoms with Gasteiger partial charge in [0.05, 0.1) is 13.1 Å². The highest BCUT2D eigenvalue weighted by atomic mass is 79.9. The number of anilines is 1. The van der Waals surface area contributed by atoms with Crippen LogP contribution >= 0.6 is 43.2 Å². The van der Waals surface area contributed by atoms with Gasteiger partial charge in [-0.3, -0.25) is 4.79 Å². The molecule has 1 aromatic heterocycles. The molecule has 0 bridgehead atoms. The normalized spacial score (nSPS) is 10.9. The summed E-state index contributed by atoms with van der Waals surface area (Å²) in [5.41, 5.74) is 8.18. The lowest BCUT2D eigenvalue weighted by Gasteiger charge is -2.27. The largest absolute Gasteiger partial charge is 0.399 e. The first kappa shape index (κ1) is 16.5. The van der Waals surface area contributed by atoms with Crippen molar-refractivity contribution in [2.75, 3.05) is 5.73 Å². The van der Waals surface area contributed by atoms with E-state index in [1.54, 1.807) is 0 Å². The van der Waals surface area contributed by atoms with Crippen LogP contribution in [0, 0.1) is 0 Å². The van der Waals surface area contributed by atoms with Gasteiger partial charge in [-0.1, -0.05) is 12.1 Å². The van der Waals surface area contributed by atoms with Crippen LogP contribution in [0.25, 0.3) is 0 Å². The third-order valence-electron chi connectivity index (χ3n) is 3.10. The molecule has 0 aliphatic heterocycles. The highest BCUT2D eigenvalue weighted by molar-refractivity contribution is 9.12. The summed E-state index contributed by atoms with van der Waals surface area (Å²) in [6.45, 7) is 4.60. The van der Waals surface area contributed by atoms with E-state index in [9.17, 15) is 4.79 Å². The highest BCUT2D eigenvalue weighted by Crippen LogP contribution is 2.33. The van der Waals surface area contributed by atoms with Crippen molar-refractivity contribution in [1.82, 2.24) is 4.90 Å². The number of nitrogens with two attached hydrogens (primary N) is 1. The number of carbonyl (C=O) groups excluding carboxylic acids is 1. The Morgan fingerprint density at radius 3 is 2.38 bits per heavy atom. The van der Waals surface area contributed by atoms with Gasteiger partial charge in [0.25, 0.3) is 5.91 Å². The van der Waals surface area contributed by atoms with E-state index in [0.717, 1.165) is 18.8 Å². The third-order valence-corrected chi connectivity index (χ3v) is 5.44. The summed E-state index contributed by atoms with van der Waals surface area (Å²) >= 11 is 8.37. The lowest BCUT2D eigenvalue weighted by molar-refractivity contribution is 0.0690. The van der Waals surface area contributed by atoms with Gasteiger partial charge in [0.1, 0.15) is 0 Å². The molecule has 0 atom stereocenters. The van der Waals surface area contributed by atoms with E-state index in [2.05, 4.69) is 31.9 Å². The second-order valence-electron chi connectivity index (χ2n) is 5.01. The fraction of sp³-hybridized carbons (Fsp3) is 0.267. The Bertz CT molecular complexity index is 638. The average Bonchev–Trinajstić information content (AvgIpc) is 2.76. The molecule has 0 unspecified atom stereocenters. The number of halogens is 2. The van der Waals surface area contributed by atoms with Crippen molar-refractivity contribution in [2.45, 2.75) is 26.4 Å². The second-order valence-corrected chi connectivity index (χ2v) is 8.76. The predicted molar refractivity (Wildman–Crippen MR) is 95.6 cm³/mol. The van der Waals surface area contributed by atoms with Gasteiger partial charge in [0.15, 0.2) is 0 Å². The van der Waals surface area contributed by atoms with Crippen molar-refractivity contribution in [1.29, 1.82) is 0 Å². The molecule has 0 aliphatic carbocycles. The lowest BCUT2D eigenvalue weighted by Crippen LogP contribution is -2.36. The Kier molecular flexibility index (Phi) is 5.46. The van der Waals surface area contributed by atoms with Crippen LogP contribution in [-0.4, -0.2) is 16.8 Å². The van der Waals surface area contributed by atoms with Gasteiger partial charge < -0.3 is 10.6 Å². The van der Waals surface area contributed by atoms with Gasteiger partial charge in [-0.25, -0.2) is 0 Å². The first-order valence-corrected chi connectivity index (χ1v) is 8.89. The Labute approximate surface area is 145 Å². The van der Waals surface area contributed by atoms with Crippen molar-refractivity contribution >= 4 is 54.8 Å². The molecule has 0 fully saturated rings. The van der Waals surface area contributed by atoms with Gasteiger partial charge in [-0.05, 0) is 69.5 Å². The summed E-state index contributed by atoms with van der Waals surface area (Å²) in [6.07, 6.45) is 0. The van der Waals surface area contributed by atoms with E-state index < -0.39 is 0 Å². The van der Waals surface area contributed by atoms with E-state index in [-0.39, 0.29) is 11.9 Å². The van der Waals surface area contributed by atoms with Crippen molar-refractivity contribution in [2.24, 2.45) is 0 Å². The molecule has 2 aromatic rings. The van der Waals surface area contributed by atoms with Crippen LogP contribution in [0.15, 0.2) is 37.9 Å². The van der Waals surface area contributed by atoms with Gasteiger partial charge in [-0.15, -0.1) is 11.3 Å². The zero-order chi connectivity index (χ0) is 15.6. The average molecular weight is 432 g/mol. The van der Waals surface area contributed by atoms with E-state index in [1.165, 1.54) is 11.3 Å². The Balaban J connectivity index is 2.24. The number of carbonyl (C=O) groups is 1. The van der Waals surface area contributed by atoms with E-state index in [0.29, 0.717) is 12.1 Å². The minimum Gasteiger partial charge on any atom is -0.399 e. The molecule has 0 spiro atoms. The van der Waals surface area contributed by atoms with Crippen molar-refractivity contribution in [3.63, 3.8) is 0 Å². The zero-order valence-electron chi connectivity index (χ0n) is 11.8. The number of amides is 1. The van der Waals surface area contributed by atoms with Crippen molar-refractivity contribution in [3.05, 3.63) is 49.0 Å². The number of hydrogen-bond donors (Lipinski definition) is 1. The minimum atomic E-state index is 0.0238. The summed E-state index contributed by atoms with van der Waals surface area (Å²) in [4.78, 5) is 14.6. The molecule has 112 valence electrons. The summed E-state index contributed by atoms with van der Waals surface area (Å²) in [5.74, 6) is 0.0238. The summed E-state index contributed by atoms with van der Waals surface area (Å²) in [5, 5.41) is 0. The zero-order valence-corrected chi connectivity index (χ0v) is 15.8. The van der Waals surface area contributed by atoms with E-state index in [1.807, 2.05) is 49.1 Å². The monoisotopic (exact) mass is 430 g/mol. The van der Waals surface area contributed by atoms with Crippen LogP contribution in [0.1, 0.15) is 29.8 Å². The number of nitrogen functional groups attached to an aromatic ring is 1. The summed E-state index contributed by atoms with van der Waals surface area (Å²) < 4.78 is 1.79. The predicted octanol–water partition coefficient (Wildman–Crippen LogP) is 4.91. The van der Waals surface area contributed by atoms with Crippen molar-refractivity contribution in [3.8, 4) is 0 Å². The first-order valence-electron chi connectivity index (χ1n) is 6.48. The molecule has 1 amide bonds. The van der Waals surface area contributed by atoms with Crippen molar-refractivity contribution < 1.29 is 4.79 Å². The van der Waals surface area contributed by atoms with Gasteiger partial charge in [0.2, 0.25) is 0 Å². The van der Waals surface area contributed by atoms with Crippen LogP contribution in [0.4, 0.5) is 5.69 Å². The molecule has 0 saturated carbocycles. The van der Waals surface area contributed by atoms with Gasteiger partial charge in [0, 0.05) is 18.3 Å². The molecule has 2 rings (SSSR count). The Hall–Kier alpha value is -0.850. The number of thiophene rings is 1. The van der Waals surface area contributed by atoms with Crippen LogP contribution in [0.5, 0.6) is 0 Å². The lowest BCUT2D eigenvalue weighted by atomic mass is 10.1. The van der Waals surface area contributed by atoms with Gasteiger partial charge in [-0.2, -0.15) is 0 Å². The fourth-order valence-electron chi connectivity index (χ4n) is 1.95. The topological polar surface area (TPSA) is 46.3 Å². The molecular formula is C15H16Br2N2OS. The number of benzene rings is 1. The van der Waals surface area contributed by atoms with Crippen LogP contribution in [-0.2, 0) is 6.54 Å². The molecule has 3 nitrogen and oxygen atoms in total. The second kappa shape index (κ2) is 6.94. The number of nitrogens with zero attached hydrogens (tertiary/aromatic N) is 1. The first-order chi connectivity index (χ1) is 9.88. The summed E-state index contributed by atoms with van der Waals surface area (Å²) in [6, 6.07) is 9.59. The fourth-order valence-corrected chi connectivity index (χ4v) is 4.73. The van der Waals surface area contributed by atoms with E-state index >= 15 is 0 Å². The molecular weight excluding hydrogens is 416 g/mol. The molecule has 2 N–H and O–H groups in total. The molecule has 1 heterocycles. The summed E-state index contributed by atoms with van der Waals surface area (Å²) in [7, 11) is 0. The highest BCUT2D eigenvalue weighted by Gasteiger charge is 2.22. The minimum absolute atomic E-state index is 0.0238. The maximum absolute atomic E-state index is 12.7. The maximum Gasteiger partial charge on any atom is 0.256 e. The molecule has 21 heavy (non-hydrogen) atoms. The van der Waals surface area contributed by atoms with Crippen LogP contribution in [0.2, 0.25) is 0 Å². The van der Waals surface area contributed by atoms with Crippen LogP contribution in [0.3, 0.4) is 0 Å². The van der Waals surface area contributed by atoms with E-state index in [4.69, 9.17) is 5.73 Å². The number of rotatable bonds is 4. The molecule has 6 heteroatoms. The standard InChI is InChI=1S/C15H16Br2N2OS/c1-9(2)19(8-10-3-5-11(18)6-4-10)15(20)12-7-13(16)21-14(12)17/h3-7,9H,8,18H2,1-2H3. The molecule has 0 radical (unpaired) electrons. The van der Waals surface area contributed by atoms with Crippen LogP contribution < -0.4 is 5.73 Å². The quantitative estimate of drug-likeness (QED) is 0.699. The molecule has 1 aromatic carbocycles. The Morgan fingerprint density at radius 1 is 1.29 bits per heavy atom. The SMILES string of the molecule is CC(C)N(Cc1ccc(N)cc1)C(=O)c1cc(Br)sc1Br. The number of hydrogen-bond acceptors (Lipinski definition) is 3. The maximum atomic E-state index is 12.7. The molecule has 0 aliphatic rings. The Morgan fingerprint density at radius 2 is 1.90 bits per heavy atom.